The molecule has 2 saturated heterocycles. The predicted octanol–water partition coefficient (Wildman–Crippen LogP) is 3.42. The van der Waals surface area contributed by atoms with Gasteiger partial charge in [0.15, 0.2) is 5.79 Å². The summed E-state index contributed by atoms with van der Waals surface area (Å²) in [6.07, 6.45) is 2.59. The van der Waals surface area contributed by atoms with Gasteiger partial charge in [-0.25, -0.2) is 8.42 Å². The van der Waals surface area contributed by atoms with Gasteiger partial charge in [-0.1, -0.05) is 25.4 Å². The Morgan fingerprint density at radius 3 is 2.04 bits per heavy atom. The van der Waals surface area contributed by atoms with Crippen molar-refractivity contribution in [3.05, 3.63) is 29.3 Å². The number of rotatable bonds is 4. The van der Waals surface area contributed by atoms with Crippen LogP contribution < -0.4 is 0 Å². The molecular weight excluding hydrogens is 350 g/mol. The third kappa shape index (κ3) is 3.22. The molecule has 3 rings (SSSR count). The van der Waals surface area contributed by atoms with Crippen LogP contribution in [0.5, 0.6) is 0 Å². The largest absolute Gasteiger partial charge is 0.347 e. The van der Waals surface area contributed by atoms with Gasteiger partial charge >= 0.3 is 0 Å². The van der Waals surface area contributed by atoms with Gasteiger partial charge in [0.05, 0.1) is 18.1 Å². The van der Waals surface area contributed by atoms with Gasteiger partial charge in [0, 0.05) is 29.9 Å². The molecule has 134 valence electrons. The summed E-state index contributed by atoms with van der Waals surface area (Å²) in [5.74, 6) is -0.618. The first kappa shape index (κ1) is 18.1. The minimum atomic E-state index is -3.58. The molecule has 24 heavy (non-hydrogen) atoms. The van der Waals surface area contributed by atoms with Crippen LogP contribution in [0.15, 0.2) is 29.2 Å². The zero-order valence-electron chi connectivity index (χ0n) is 14.1. The summed E-state index contributed by atoms with van der Waals surface area (Å²) in [7, 11) is -3.58. The maximum Gasteiger partial charge on any atom is 0.243 e. The van der Waals surface area contributed by atoms with Gasteiger partial charge in [0.25, 0.3) is 0 Å². The lowest BCUT2D eigenvalue weighted by molar-refractivity contribution is -0.199. The lowest BCUT2D eigenvalue weighted by Crippen LogP contribution is -2.57. The maximum absolute atomic E-state index is 13.2. The molecule has 2 heterocycles. The summed E-state index contributed by atoms with van der Waals surface area (Å²) < 4.78 is 39.9. The highest BCUT2D eigenvalue weighted by Crippen LogP contribution is 2.42. The Morgan fingerprint density at radius 2 is 1.58 bits per heavy atom. The van der Waals surface area contributed by atoms with E-state index in [1.54, 1.807) is 28.6 Å². The molecular formula is C17H24ClNO4S. The fraction of sp³-hybridized carbons (Fsp3) is 0.647. The monoisotopic (exact) mass is 373 g/mol. The third-order valence-electron chi connectivity index (χ3n) is 4.96. The molecule has 2 fully saturated rings. The average molecular weight is 374 g/mol. The molecule has 0 bridgehead atoms. The van der Waals surface area contributed by atoms with Crippen molar-refractivity contribution in [1.29, 1.82) is 0 Å². The Kier molecular flexibility index (Phi) is 5.23. The van der Waals surface area contributed by atoms with Crippen LogP contribution in [0, 0.1) is 0 Å². The Morgan fingerprint density at radius 1 is 1.08 bits per heavy atom. The predicted molar refractivity (Wildman–Crippen MR) is 92.5 cm³/mol. The first-order chi connectivity index (χ1) is 11.4. The minimum absolute atomic E-state index is 0.137. The van der Waals surface area contributed by atoms with Gasteiger partial charge in [-0.15, -0.1) is 0 Å². The number of sulfonamides is 1. The minimum Gasteiger partial charge on any atom is -0.347 e. The van der Waals surface area contributed by atoms with Crippen molar-refractivity contribution in [3.8, 4) is 0 Å². The molecule has 1 spiro atoms. The Balaban J connectivity index is 1.96. The van der Waals surface area contributed by atoms with Crippen LogP contribution in [0.25, 0.3) is 0 Å². The quantitative estimate of drug-likeness (QED) is 0.811. The van der Waals surface area contributed by atoms with E-state index < -0.39 is 15.8 Å². The fourth-order valence-corrected chi connectivity index (χ4v) is 5.86. The van der Waals surface area contributed by atoms with Crippen molar-refractivity contribution >= 4 is 21.6 Å². The van der Waals surface area contributed by atoms with Gasteiger partial charge in [-0.05, 0) is 37.1 Å². The second-order valence-electron chi connectivity index (χ2n) is 6.43. The van der Waals surface area contributed by atoms with E-state index in [4.69, 9.17) is 21.1 Å². The second-order valence-corrected chi connectivity index (χ2v) is 8.71. The number of benzene rings is 1. The standard InChI is InChI=1S/C17H24ClNO4S/c1-3-14-11-17(22-9-10-23-17)12-15(4-2)19(14)24(20,21)16-7-5-13(18)6-8-16/h5-8,14-15H,3-4,9-12H2,1-2H3. The summed E-state index contributed by atoms with van der Waals surface area (Å²) >= 11 is 5.90. The number of halogens is 1. The zero-order chi connectivity index (χ0) is 17.4. The van der Waals surface area contributed by atoms with E-state index >= 15 is 0 Å². The van der Waals surface area contributed by atoms with E-state index in [9.17, 15) is 8.42 Å². The Labute approximate surface area is 148 Å². The molecule has 2 aliphatic rings. The SMILES string of the molecule is CCC1CC2(CC(CC)N1S(=O)(=O)c1ccc(Cl)cc1)OCCO2. The summed E-state index contributed by atoms with van der Waals surface area (Å²) in [6.45, 7) is 5.18. The number of ether oxygens (including phenoxy) is 2. The number of hydrogen-bond donors (Lipinski definition) is 0. The van der Waals surface area contributed by atoms with Crippen molar-refractivity contribution in [1.82, 2.24) is 4.31 Å². The summed E-state index contributed by atoms with van der Waals surface area (Å²) in [6, 6.07) is 6.11. The lowest BCUT2D eigenvalue weighted by atomic mass is 9.90. The zero-order valence-corrected chi connectivity index (χ0v) is 15.6. The Hall–Kier alpha value is -0.660. The molecule has 2 atom stereocenters. The lowest BCUT2D eigenvalue weighted by Gasteiger charge is -2.47. The number of hydrogen-bond acceptors (Lipinski definition) is 4. The van der Waals surface area contributed by atoms with Crippen LogP contribution in [-0.2, 0) is 19.5 Å². The molecule has 2 aliphatic heterocycles. The van der Waals surface area contributed by atoms with Crippen LogP contribution in [0.2, 0.25) is 5.02 Å². The van der Waals surface area contributed by atoms with Gasteiger partial charge in [-0.3, -0.25) is 0 Å². The summed E-state index contributed by atoms with van der Waals surface area (Å²) in [5.41, 5.74) is 0. The van der Waals surface area contributed by atoms with Crippen LogP contribution in [0.4, 0.5) is 0 Å². The first-order valence-electron chi connectivity index (χ1n) is 8.49. The molecule has 1 aromatic rings. The van der Waals surface area contributed by atoms with E-state index in [0.29, 0.717) is 31.1 Å². The summed E-state index contributed by atoms with van der Waals surface area (Å²) in [4.78, 5) is 0.285. The molecule has 0 aromatic heterocycles. The van der Waals surface area contributed by atoms with Crippen molar-refractivity contribution in [2.45, 2.75) is 62.3 Å². The average Bonchev–Trinajstić information content (AvgIpc) is 3.01. The molecule has 7 heteroatoms. The third-order valence-corrected chi connectivity index (χ3v) is 7.23. The van der Waals surface area contributed by atoms with E-state index in [-0.39, 0.29) is 17.0 Å². The van der Waals surface area contributed by atoms with Gasteiger partial charge in [-0.2, -0.15) is 4.31 Å². The molecule has 0 amide bonds. The number of piperidine rings is 1. The highest BCUT2D eigenvalue weighted by molar-refractivity contribution is 7.89. The first-order valence-corrected chi connectivity index (χ1v) is 10.3. The molecule has 0 N–H and O–H groups in total. The van der Waals surface area contributed by atoms with E-state index in [1.165, 1.54) is 0 Å². The van der Waals surface area contributed by atoms with Crippen molar-refractivity contribution in [2.75, 3.05) is 13.2 Å². The van der Waals surface area contributed by atoms with Crippen molar-refractivity contribution in [3.63, 3.8) is 0 Å². The number of nitrogens with zero attached hydrogens (tertiary/aromatic N) is 1. The van der Waals surface area contributed by atoms with Crippen LogP contribution in [0.1, 0.15) is 39.5 Å². The Bertz CT molecular complexity index is 654. The normalized spacial score (nSPS) is 27.6. The smallest absolute Gasteiger partial charge is 0.243 e. The highest BCUT2D eigenvalue weighted by atomic mass is 35.5. The molecule has 2 unspecified atom stereocenters. The molecule has 0 radical (unpaired) electrons. The van der Waals surface area contributed by atoms with E-state index in [2.05, 4.69) is 0 Å². The van der Waals surface area contributed by atoms with Gasteiger partial charge in [0.2, 0.25) is 10.0 Å². The van der Waals surface area contributed by atoms with E-state index in [0.717, 1.165) is 12.8 Å². The fourth-order valence-electron chi connectivity index (χ4n) is 3.78. The van der Waals surface area contributed by atoms with E-state index in [1.807, 2.05) is 13.8 Å². The van der Waals surface area contributed by atoms with Gasteiger partial charge in [0.1, 0.15) is 0 Å². The highest BCUT2D eigenvalue weighted by Gasteiger charge is 2.51. The van der Waals surface area contributed by atoms with Gasteiger partial charge < -0.3 is 9.47 Å². The van der Waals surface area contributed by atoms with Crippen LogP contribution >= 0.6 is 11.6 Å². The molecule has 1 aromatic carbocycles. The topological polar surface area (TPSA) is 55.8 Å². The molecule has 5 nitrogen and oxygen atoms in total. The van der Waals surface area contributed by atoms with Crippen LogP contribution in [0.3, 0.4) is 0 Å². The molecule has 0 aliphatic carbocycles. The maximum atomic E-state index is 13.2. The van der Waals surface area contributed by atoms with Crippen molar-refractivity contribution in [2.24, 2.45) is 0 Å². The van der Waals surface area contributed by atoms with Crippen LogP contribution in [-0.4, -0.2) is 43.8 Å². The summed E-state index contributed by atoms with van der Waals surface area (Å²) in [5, 5.41) is 0.526. The second kappa shape index (κ2) is 6.92. The molecule has 0 saturated carbocycles. The van der Waals surface area contributed by atoms with Crippen molar-refractivity contribution < 1.29 is 17.9 Å².